The fourth-order valence-electron chi connectivity index (χ4n) is 4.07. The minimum Gasteiger partial charge on any atom is -0.336 e. The Labute approximate surface area is 196 Å². The number of hydrogen-bond donors (Lipinski definition) is 0. The van der Waals surface area contributed by atoms with Gasteiger partial charge in [-0.2, -0.15) is 4.31 Å². The average molecular weight is 480 g/mol. The average Bonchev–Trinajstić information content (AvgIpc) is 3.27. The molecule has 1 amide bonds. The van der Waals surface area contributed by atoms with Crippen molar-refractivity contribution in [2.24, 2.45) is 0 Å². The van der Waals surface area contributed by atoms with Crippen LogP contribution in [0.25, 0.3) is 11.0 Å². The fourth-order valence-corrected chi connectivity index (χ4v) is 5.55. The van der Waals surface area contributed by atoms with Crippen LogP contribution in [0.15, 0.2) is 77.7 Å². The van der Waals surface area contributed by atoms with E-state index < -0.39 is 15.8 Å². The van der Waals surface area contributed by atoms with Gasteiger partial charge in [-0.05, 0) is 42.0 Å². The van der Waals surface area contributed by atoms with Crippen molar-refractivity contribution in [2.45, 2.75) is 11.4 Å². The van der Waals surface area contributed by atoms with Crippen molar-refractivity contribution in [3.05, 3.63) is 89.7 Å². The van der Waals surface area contributed by atoms with E-state index in [0.29, 0.717) is 12.1 Å². The third-order valence-corrected chi connectivity index (χ3v) is 7.87. The molecule has 1 aliphatic rings. The summed E-state index contributed by atoms with van der Waals surface area (Å²) < 4.78 is 42.6. The molecule has 2 heterocycles. The zero-order valence-electron chi connectivity index (χ0n) is 18.2. The maximum absolute atomic E-state index is 14.0. The van der Waals surface area contributed by atoms with Crippen LogP contribution < -0.4 is 0 Å². The molecule has 4 aromatic rings. The number of benzene rings is 3. The zero-order chi connectivity index (χ0) is 23.7. The number of halogens is 1. The normalized spacial score (nSPS) is 15.0. The summed E-state index contributed by atoms with van der Waals surface area (Å²) in [6.45, 7) is 1.22. The second kappa shape index (κ2) is 8.96. The number of amides is 1. The Balaban J connectivity index is 1.23. The van der Waals surface area contributed by atoms with Gasteiger partial charge >= 0.3 is 0 Å². The smallest absolute Gasteiger partial charge is 0.253 e. The molecule has 174 valence electrons. The molecule has 10 heteroatoms. The number of aromatic nitrogens is 3. The summed E-state index contributed by atoms with van der Waals surface area (Å²) in [7, 11) is -3.95. The number of nitrogens with zero attached hydrogens (tertiary/aromatic N) is 5. The van der Waals surface area contributed by atoms with E-state index in [1.165, 1.54) is 22.5 Å². The summed E-state index contributed by atoms with van der Waals surface area (Å²) in [5, 5.41) is 8.34. The van der Waals surface area contributed by atoms with Crippen molar-refractivity contribution in [3.63, 3.8) is 0 Å². The monoisotopic (exact) mass is 479 g/mol. The molecule has 3 aromatic carbocycles. The highest BCUT2D eigenvalue weighted by Crippen LogP contribution is 2.21. The number of para-hydroxylation sites is 1. The number of carbonyl (C=O) groups is 1. The summed E-state index contributed by atoms with van der Waals surface area (Å²) in [5.41, 5.74) is 3.27. The van der Waals surface area contributed by atoms with Gasteiger partial charge in [0.15, 0.2) is 0 Å². The van der Waals surface area contributed by atoms with Gasteiger partial charge in [0.05, 0.1) is 12.1 Å². The predicted molar refractivity (Wildman–Crippen MR) is 124 cm³/mol. The van der Waals surface area contributed by atoms with Gasteiger partial charge in [-0.3, -0.25) is 4.79 Å². The van der Waals surface area contributed by atoms with Crippen LogP contribution in [0.2, 0.25) is 0 Å². The standard InChI is InChI=1S/C24H22FN5O3S/c25-20-5-1-4-8-23(20)34(32,33)29-15-13-28(14-16-29)24(31)19-11-9-18(10-12-19)17-30-22-7-3-2-6-21(22)26-27-30/h1-12H,13-17H2. The Morgan fingerprint density at radius 3 is 2.29 bits per heavy atom. The first-order valence-electron chi connectivity index (χ1n) is 10.8. The molecule has 1 saturated heterocycles. The second-order valence-electron chi connectivity index (χ2n) is 8.06. The van der Waals surface area contributed by atoms with Crippen LogP contribution in [0, 0.1) is 5.82 Å². The number of rotatable bonds is 5. The number of carbonyl (C=O) groups excluding carboxylic acids is 1. The zero-order valence-corrected chi connectivity index (χ0v) is 19.0. The SMILES string of the molecule is O=C(c1ccc(Cn2nnc3ccccc32)cc1)N1CCN(S(=O)(=O)c2ccccc2F)CC1. The molecule has 1 fully saturated rings. The van der Waals surface area contributed by atoms with Gasteiger partial charge in [0, 0.05) is 31.7 Å². The Hall–Kier alpha value is -3.63. The van der Waals surface area contributed by atoms with Gasteiger partial charge < -0.3 is 4.90 Å². The van der Waals surface area contributed by atoms with Crippen LogP contribution in [0.4, 0.5) is 4.39 Å². The van der Waals surface area contributed by atoms with E-state index in [4.69, 9.17) is 0 Å². The maximum atomic E-state index is 14.0. The predicted octanol–water partition coefficient (Wildman–Crippen LogP) is 2.77. The summed E-state index contributed by atoms with van der Waals surface area (Å²) in [6, 6.07) is 20.3. The molecule has 1 aliphatic heterocycles. The Kier molecular flexibility index (Phi) is 5.84. The summed E-state index contributed by atoms with van der Waals surface area (Å²) in [5.74, 6) is -0.944. The van der Waals surface area contributed by atoms with Crippen molar-refractivity contribution >= 4 is 27.0 Å². The maximum Gasteiger partial charge on any atom is 0.253 e. The van der Waals surface area contributed by atoms with Crippen LogP contribution in [-0.2, 0) is 16.6 Å². The lowest BCUT2D eigenvalue weighted by atomic mass is 10.1. The highest BCUT2D eigenvalue weighted by molar-refractivity contribution is 7.89. The molecule has 0 radical (unpaired) electrons. The molecular weight excluding hydrogens is 457 g/mol. The van der Waals surface area contributed by atoms with E-state index >= 15 is 0 Å². The van der Waals surface area contributed by atoms with Crippen LogP contribution in [0.1, 0.15) is 15.9 Å². The third kappa shape index (κ3) is 4.17. The minimum absolute atomic E-state index is 0.111. The van der Waals surface area contributed by atoms with E-state index in [0.717, 1.165) is 22.7 Å². The van der Waals surface area contributed by atoms with Gasteiger partial charge in [-0.15, -0.1) is 5.10 Å². The highest BCUT2D eigenvalue weighted by atomic mass is 32.2. The van der Waals surface area contributed by atoms with Gasteiger partial charge in [0.25, 0.3) is 5.91 Å². The van der Waals surface area contributed by atoms with Gasteiger partial charge in [0.1, 0.15) is 16.2 Å². The highest BCUT2D eigenvalue weighted by Gasteiger charge is 2.32. The van der Waals surface area contributed by atoms with Gasteiger partial charge in [-0.1, -0.05) is 41.6 Å². The van der Waals surface area contributed by atoms with E-state index in [2.05, 4.69) is 10.3 Å². The minimum atomic E-state index is -3.95. The van der Waals surface area contributed by atoms with Crippen LogP contribution in [0.3, 0.4) is 0 Å². The summed E-state index contributed by atoms with van der Waals surface area (Å²) in [6.07, 6.45) is 0. The van der Waals surface area contributed by atoms with E-state index in [1.54, 1.807) is 21.7 Å². The molecule has 0 spiro atoms. The molecular formula is C24H22FN5O3S. The lowest BCUT2D eigenvalue weighted by Gasteiger charge is -2.34. The number of sulfonamides is 1. The van der Waals surface area contributed by atoms with Crippen LogP contribution in [0.5, 0.6) is 0 Å². The quantitative estimate of drug-likeness (QED) is 0.439. The molecule has 34 heavy (non-hydrogen) atoms. The molecule has 1 aromatic heterocycles. The number of hydrogen-bond acceptors (Lipinski definition) is 5. The molecule has 0 saturated carbocycles. The second-order valence-corrected chi connectivity index (χ2v) is 9.97. The third-order valence-electron chi connectivity index (χ3n) is 5.93. The first-order valence-corrected chi connectivity index (χ1v) is 12.3. The van der Waals surface area contributed by atoms with E-state index in [-0.39, 0.29) is 37.0 Å². The van der Waals surface area contributed by atoms with Crippen molar-refractivity contribution in [1.82, 2.24) is 24.2 Å². The molecule has 5 rings (SSSR count). The Bertz CT molecular complexity index is 1450. The Morgan fingerprint density at radius 2 is 1.56 bits per heavy atom. The van der Waals surface area contributed by atoms with Crippen molar-refractivity contribution in [2.75, 3.05) is 26.2 Å². The van der Waals surface area contributed by atoms with Crippen molar-refractivity contribution in [3.8, 4) is 0 Å². The van der Waals surface area contributed by atoms with E-state index in [1.807, 2.05) is 36.4 Å². The number of fused-ring (bicyclic) bond motifs is 1. The first kappa shape index (κ1) is 22.2. The van der Waals surface area contributed by atoms with Crippen molar-refractivity contribution < 1.29 is 17.6 Å². The molecule has 0 N–H and O–H groups in total. The lowest BCUT2D eigenvalue weighted by molar-refractivity contribution is 0.0697. The molecule has 0 atom stereocenters. The van der Waals surface area contributed by atoms with Crippen LogP contribution in [-0.4, -0.2) is 64.7 Å². The molecule has 0 unspecified atom stereocenters. The molecule has 0 aliphatic carbocycles. The summed E-state index contributed by atoms with van der Waals surface area (Å²) in [4.78, 5) is 14.2. The number of piperazine rings is 1. The van der Waals surface area contributed by atoms with Crippen LogP contribution >= 0.6 is 0 Å². The Morgan fingerprint density at radius 1 is 0.882 bits per heavy atom. The van der Waals surface area contributed by atoms with Gasteiger partial charge in [0.2, 0.25) is 10.0 Å². The van der Waals surface area contributed by atoms with Gasteiger partial charge in [-0.25, -0.2) is 17.5 Å². The molecule has 0 bridgehead atoms. The molecule has 8 nitrogen and oxygen atoms in total. The fraction of sp³-hybridized carbons (Fsp3) is 0.208. The lowest BCUT2D eigenvalue weighted by Crippen LogP contribution is -2.50. The topological polar surface area (TPSA) is 88.4 Å². The summed E-state index contributed by atoms with van der Waals surface area (Å²) >= 11 is 0. The first-order chi connectivity index (χ1) is 16.4. The largest absolute Gasteiger partial charge is 0.336 e. The van der Waals surface area contributed by atoms with Crippen molar-refractivity contribution in [1.29, 1.82) is 0 Å². The van der Waals surface area contributed by atoms with E-state index in [9.17, 15) is 17.6 Å².